The molecule has 0 spiro atoms. The van der Waals surface area contributed by atoms with Gasteiger partial charge in [0.2, 0.25) is 0 Å². The number of halogens is 1. The molecule has 2 aromatic rings. The molecule has 0 saturated carbocycles. The van der Waals surface area contributed by atoms with Crippen molar-refractivity contribution in [2.45, 2.75) is 6.42 Å². The lowest BCUT2D eigenvalue weighted by Crippen LogP contribution is -2.22. The minimum atomic E-state index is 0.496. The van der Waals surface area contributed by atoms with E-state index in [4.69, 9.17) is 22.1 Å². The van der Waals surface area contributed by atoms with E-state index in [9.17, 15) is 0 Å². The second-order valence-corrected chi connectivity index (χ2v) is 4.57. The molecule has 2 N–H and O–H groups in total. The number of nitrogens with two attached hydrogens (primary N) is 1. The highest BCUT2D eigenvalue weighted by Crippen LogP contribution is 2.35. The smallest absolute Gasteiger partial charge is 0.155 e. The number of nitrogens with zero attached hydrogens (tertiary/aromatic N) is 3. The van der Waals surface area contributed by atoms with Gasteiger partial charge in [-0.15, -0.1) is 0 Å². The van der Waals surface area contributed by atoms with Crippen LogP contribution in [0, 0.1) is 0 Å². The molecule has 1 aromatic carbocycles. The summed E-state index contributed by atoms with van der Waals surface area (Å²) < 4.78 is 5.41. The van der Waals surface area contributed by atoms with Gasteiger partial charge in [0.15, 0.2) is 5.82 Å². The molecule has 0 aliphatic heterocycles. The third-order valence-electron chi connectivity index (χ3n) is 2.87. The Morgan fingerprint density at radius 2 is 2.15 bits per heavy atom. The van der Waals surface area contributed by atoms with E-state index < -0.39 is 0 Å². The van der Waals surface area contributed by atoms with Crippen molar-refractivity contribution in [1.82, 2.24) is 9.97 Å². The molecule has 0 fully saturated rings. The first-order valence-electron chi connectivity index (χ1n) is 6.34. The molecule has 0 bridgehead atoms. The van der Waals surface area contributed by atoms with E-state index >= 15 is 0 Å². The quantitative estimate of drug-likeness (QED) is 0.886. The van der Waals surface area contributed by atoms with Crippen LogP contribution in [-0.2, 0) is 0 Å². The highest BCUT2D eigenvalue weighted by molar-refractivity contribution is 6.32. The van der Waals surface area contributed by atoms with Gasteiger partial charge in [0.1, 0.15) is 17.1 Å². The molecular formula is C14H17ClN4O. The normalized spacial score (nSPS) is 10.3. The van der Waals surface area contributed by atoms with Crippen molar-refractivity contribution in [3.05, 3.63) is 41.8 Å². The highest BCUT2D eigenvalue weighted by Gasteiger charge is 2.17. The zero-order valence-electron chi connectivity index (χ0n) is 11.3. The molecule has 2 rings (SSSR count). The predicted octanol–water partition coefficient (Wildman–Crippen LogP) is 2.63. The number of benzene rings is 1. The molecule has 1 heterocycles. The van der Waals surface area contributed by atoms with Crippen LogP contribution in [0.3, 0.4) is 0 Å². The van der Waals surface area contributed by atoms with Gasteiger partial charge in [0.05, 0.1) is 19.0 Å². The van der Waals surface area contributed by atoms with Gasteiger partial charge < -0.3 is 15.4 Å². The average Bonchev–Trinajstić information content (AvgIpc) is 2.49. The van der Waals surface area contributed by atoms with Crippen LogP contribution in [0.15, 0.2) is 36.8 Å². The van der Waals surface area contributed by atoms with Crippen LogP contribution >= 0.6 is 11.6 Å². The fourth-order valence-electron chi connectivity index (χ4n) is 1.95. The lowest BCUT2D eigenvalue weighted by Gasteiger charge is -2.25. The van der Waals surface area contributed by atoms with Crippen molar-refractivity contribution >= 4 is 23.1 Å². The maximum absolute atomic E-state index is 6.20. The number of anilines is 2. The van der Waals surface area contributed by atoms with E-state index in [0.29, 0.717) is 23.9 Å². The van der Waals surface area contributed by atoms with Gasteiger partial charge >= 0.3 is 0 Å². The Labute approximate surface area is 123 Å². The SMILES string of the molecule is COc1ccccc1N(CCCN)c1ncncc1Cl. The summed E-state index contributed by atoms with van der Waals surface area (Å²) >= 11 is 6.20. The number of hydrogen-bond acceptors (Lipinski definition) is 5. The molecule has 0 unspecified atom stereocenters. The number of methoxy groups -OCH3 is 1. The maximum atomic E-state index is 6.20. The topological polar surface area (TPSA) is 64.3 Å². The lowest BCUT2D eigenvalue weighted by atomic mass is 10.2. The molecule has 0 aliphatic carbocycles. The van der Waals surface area contributed by atoms with E-state index in [1.807, 2.05) is 29.2 Å². The molecule has 0 amide bonds. The Morgan fingerprint density at radius 1 is 1.35 bits per heavy atom. The number of para-hydroxylation sites is 2. The number of aromatic nitrogens is 2. The first-order valence-corrected chi connectivity index (χ1v) is 6.72. The molecule has 5 nitrogen and oxygen atoms in total. The van der Waals surface area contributed by atoms with Crippen LogP contribution < -0.4 is 15.4 Å². The van der Waals surface area contributed by atoms with Crippen LogP contribution in [0.1, 0.15) is 6.42 Å². The summed E-state index contributed by atoms with van der Waals surface area (Å²) in [5.74, 6) is 1.42. The van der Waals surface area contributed by atoms with Crippen LogP contribution in [0.4, 0.5) is 11.5 Å². The van der Waals surface area contributed by atoms with Crippen molar-refractivity contribution in [1.29, 1.82) is 0 Å². The summed E-state index contributed by atoms with van der Waals surface area (Å²) in [6.45, 7) is 1.29. The molecule has 0 aliphatic rings. The molecule has 0 saturated heterocycles. The molecule has 0 atom stereocenters. The van der Waals surface area contributed by atoms with Gasteiger partial charge in [-0.25, -0.2) is 9.97 Å². The average molecular weight is 293 g/mol. The highest BCUT2D eigenvalue weighted by atomic mass is 35.5. The maximum Gasteiger partial charge on any atom is 0.155 e. The van der Waals surface area contributed by atoms with E-state index in [-0.39, 0.29) is 0 Å². The predicted molar refractivity (Wildman–Crippen MR) is 80.7 cm³/mol. The minimum absolute atomic E-state index is 0.496. The summed E-state index contributed by atoms with van der Waals surface area (Å²) in [6, 6.07) is 7.74. The molecular weight excluding hydrogens is 276 g/mol. The Bertz CT molecular complexity index is 564. The molecule has 106 valence electrons. The van der Waals surface area contributed by atoms with Gasteiger partial charge in [-0.05, 0) is 25.1 Å². The van der Waals surface area contributed by atoms with E-state index in [2.05, 4.69) is 9.97 Å². The third kappa shape index (κ3) is 3.18. The van der Waals surface area contributed by atoms with Crippen molar-refractivity contribution in [2.24, 2.45) is 5.73 Å². The van der Waals surface area contributed by atoms with Gasteiger partial charge in [0.25, 0.3) is 0 Å². The van der Waals surface area contributed by atoms with Gasteiger partial charge in [-0.3, -0.25) is 0 Å². The largest absolute Gasteiger partial charge is 0.495 e. The zero-order valence-corrected chi connectivity index (χ0v) is 12.0. The summed E-state index contributed by atoms with van der Waals surface area (Å²) in [7, 11) is 1.64. The standard InChI is InChI=1S/C14H17ClN4O/c1-20-13-6-3-2-5-12(13)19(8-4-7-16)14-11(15)9-17-10-18-14/h2-3,5-6,9-10H,4,7-8,16H2,1H3. The second-order valence-electron chi connectivity index (χ2n) is 4.16. The van der Waals surface area contributed by atoms with Gasteiger partial charge in [0, 0.05) is 6.54 Å². The first-order chi connectivity index (χ1) is 9.77. The van der Waals surface area contributed by atoms with Crippen molar-refractivity contribution in [3.8, 4) is 5.75 Å². The monoisotopic (exact) mass is 292 g/mol. The molecule has 6 heteroatoms. The van der Waals surface area contributed by atoms with Crippen molar-refractivity contribution in [2.75, 3.05) is 25.1 Å². The fraction of sp³-hybridized carbons (Fsp3) is 0.286. The number of ether oxygens (including phenoxy) is 1. The Kier molecular flexibility index (Phi) is 5.15. The summed E-state index contributed by atoms with van der Waals surface area (Å²) in [6.07, 6.45) is 3.87. The molecule has 0 radical (unpaired) electrons. The zero-order chi connectivity index (χ0) is 14.4. The van der Waals surface area contributed by atoms with E-state index in [0.717, 1.165) is 17.9 Å². The first kappa shape index (κ1) is 14.6. The van der Waals surface area contributed by atoms with E-state index in [1.165, 1.54) is 6.33 Å². The van der Waals surface area contributed by atoms with Crippen LogP contribution in [0.25, 0.3) is 0 Å². The van der Waals surface area contributed by atoms with Gasteiger partial charge in [-0.1, -0.05) is 23.7 Å². The Morgan fingerprint density at radius 3 is 2.85 bits per heavy atom. The lowest BCUT2D eigenvalue weighted by molar-refractivity contribution is 0.415. The molecule has 1 aromatic heterocycles. The summed E-state index contributed by atoms with van der Waals surface area (Å²) in [5.41, 5.74) is 6.52. The third-order valence-corrected chi connectivity index (χ3v) is 3.13. The van der Waals surface area contributed by atoms with Gasteiger partial charge in [-0.2, -0.15) is 0 Å². The van der Waals surface area contributed by atoms with Crippen molar-refractivity contribution in [3.63, 3.8) is 0 Å². The number of hydrogen-bond donors (Lipinski definition) is 1. The minimum Gasteiger partial charge on any atom is -0.495 e. The van der Waals surface area contributed by atoms with E-state index in [1.54, 1.807) is 13.3 Å². The Hall–Kier alpha value is -1.85. The van der Waals surface area contributed by atoms with Crippen LogP contribution in [-0.4, -0.2) is 30.2 Å². The fourth-order valence-corrected chi connectivity index (χ4v) is 2.15. The van der Waals surface area contributed by atoms with Crippen LogP contribution in [0.5, 0.6) is 5.75 Å². The van der Waals surface area contributed by atoms with Crippen LogP contribution in [0.2, 0.25) is 5.02 Å². The molecule has 20 heavy (non-hydrogen) atoms. The summed E-state index contributed by atoms with van der Waals surface area (Å²) in [4.78, 5) is 10.2. The Balaban J connectivity index is 2.44. The summed E-state index contributed by atoms with van der Waals surface area (Å²) in [5, 5.41) is 0.496. The van der Waals surface area contributed by atoms with Crippen molar-refractivity contribution < 1.29 is 4.74 Å². The second kappa shape index (κ2) is 7.07. The number of rotatable bonds is 6.